The van der Waals surface area contributed by atoms with Gasteiger partial charge in [0.05, 0.1) is 11.5 Å². The average molecular weight is 246 g/mol. The molecule has 0 radical (unpaired) electrons. The first-order valence-corrected chi connectivity index (χ1v) is 8.03. The van der Waals surface area contributed by atoms with Gasteiger partial charge in [-0.05, 0) is 39.3 Å². The van der Waals surface area contributed by atoms with Crippen molar-refractivity contribution in [2.45, 2.75) is 37.8 Å². The minimum atomic E-state index is -2.77. The summed E-state index contributed by atoms with van der Waals surface area (Å²) < 4.78 is 22.9. The van der Waals surface area contributed by atoms with Crippen LogP contribution in [0.15, 0.2) is 0 Å². The lowest BCUT2D eigenvalue weighted by molar-refractivity contribution is 0.290. The van der Waals surface area contributed by atoms with Crippen LogP contribution < -0.4 is 5.32 Å². The number of hydrogen-bond acceptors (Lipinski definition) is 4. The Bertz CT molecular complexity index is 329. The zero-order valence-corrected chi connectivity index (χ0v) is 10.8. The Labute approximate surface area is 98.3 Å². The molecule has 0 aromatic heterocycles. The van der Waals surface area contributed by atoms with Crippen LogP contribution in [0.25, 0.3) is 0 Å². The maximum Gasteiger partial charge on any atom is 0.151 e. The van der Waals surface area contributed by atoms with Crippen molar-refractivity contribution in [3.8, 4) is 0 Å². The molecule has 0 aromatic carbocycles. The van der Waals surface area contributed by atoms with E-state index >= 15 is 0 Å². The van der Waals surface area contributed by atoms with Crippen LogP contribution in [-0.4, -0.2) is 57.0 Å². The average Bonchev–Trinajstić information content (AvgIpc) is 2.60. The molecular weight excluding hydrogens is 224 g/mol. The van der Waals surface area contributed by atoms with E-state index < -0.39 is 9.84 Å². The Balaban J connectivity index is 1.77. The molecule has 0 aromatic rings. The Morgan fingerprint density at radius 1 is 1.31 bits per heavy atom. The molecule has 0 aliphatic carbocycles. The van der Waals surface area contributed by atoms with Gasteiger partial charge in [-0.3, -0.25) is 0 Å². The second-order valence-corrected chi connectivity index (χ2v) is 7.37. The molecule has 2 unspecified atom stereocenters. The Hall–Kier alpha value is -0.130. The van der Waals surface area contributed by atoms with Gasteiger partial charge in [-0.25, -0.2) is 8.42 Å². The summed E-state index contributed by atoms with van der Waals surface area (Å²) in [5.74, 6) is 0.720. The topological polar surface area (TPSA) is 49.4 Å². The van der Waals surface area contributed by atoms with Crippen molar-refractivity contribution in [1.29, 1.82) is 0 Å². The van der Waals surface area contributed by atoms with Gasteiger partial charge in [-0.15, -0.1) is 0 Å². The number of nitrogens with one attached hydrogen (secondary N) is 1. The zero-order valence-electron chi connectivity index (χ0n) is 9.98. The number of likely N-dealkylation sites (N-methyl/N-ethyl adjacent to an activating group) is 1. The van der Waals surface area contributed by atoms with Crippen molar-refractivity contribution in [3.63, 3.8) is 0 Å². The molecule has 2 aliphatic rings. The normalized spacial score (nSPS) is 35.3. The van der Waals surface area contributed by atoms with Gasteiger partial charge >= 0.3 is 0 Å². The maximum absolute atomic E-state index is 11.5. The predicted molar refractivity (Wildman–Crippen MR) is 65.3 cm³/mol. The van der Waals surface area contributed by atoms with Crippen LogP contribution in [0.2, 0.25) is 0 Å². The van der Waals surface area contributed by atoms with Crippen LogP contribution in [0, 0.1) is 0 Å². The number of hydrogen-bond donors (Lipinski definition) is 1. The molecule has 2 heterocycles. The second kappa shape index (κ2) is 5.02. The molecule has 0 bridgehead atoms. The molecule has 0 amide bonds. The number of rotatable bonds is 3. The highest BCUT2D eigenvalue weighted by Gasteiger charge is 2.26. The van der Waals surface area contributed by atoms with E-state index in [1.165, 1.54) is 19.4 Å². The number of nitrogens with zero attached hydrogens (tertiary/aromatic N) is 1. The van der Waals surface area contributed by atoms with Crippen molar-refractivity contribution in [2.75, 3.05) is 31.6 Å². The van der Waals surface area contributed by atoms with Gasteiger partial charge in [0.25, 0.3) is 0 Å². The van der Waals surface area contributed by atoms with Crippen molar-refractivity contribution in [3.05, 3.63) is 0 Å². The highest BCUT2D eigenvalue weighted by atomic mass is 32.2. The maximum atomic E-state index is 11.5. The summed E-state index contributed by atoms with van der Waals surface area (Å²) in [6.07, 6.45) is 4.34. The van der Waals surface area contributed by atoms with E-state index in [2.05, 4.69) is 17.3 Å². The van der Waals surface area contributed by atoms with E-state index in [0.717, 1.165) is 19.4 Å². The minimum Gasteiger partial charge on any atom is -0.311 e. The van der Waals surface area contributed by atoms with Gasteiger partial charge in [-0.2, -0.15) is 0 Å². The smallest absolute Gasteiger partial charge is 0.151 e. The van der Waals surface area contributed by atoms with E-state index in [9.17, 15) is 8.42 Å². The van der Waals surface area contributed by atoms with Crippen LogP contribution in [-0.2, 0) is 9.84 Å². The largest absolute Gasteiger partial charge is 0.311 e. The van der Waals surface area contributed by atoms with Gasteiger partial charge in [0.1, 0.15) is 0 Å². The van der Waals surface area contributed by atoms with E-state index in [4.69, 9.17) is 0 Å². The van der Waals surface area contributed by atoms with Crippen LogP contribution in [0.3, 0.4) is 0 Å². The van der Waals surface area contributed by atoms with E-state index in [0.29, 0.717) is 17.5 Å². The van der Waals surface area contributed by atoms with E-state index in [1.807, 2.05) is 0 Å². The van der Waals surface area contributed by atoms with Crippen molar-refractivity contribution in [2.24, 2.45) is 0 Å². The van der Waals surface area contributed by atoms with E-state index in [-0.39, 0.29) is 6.04 Å². The van der Waals surface area contributed by atoms with Crippen molar-refractivity contribution in [1.82, 2.24) is 10.2 Å². The second-order valence-electron chi connectivity index (χ2n) is 5.14. The molecule has 2 fully saturated rings. The van der Waals surface area contributed by atoms with Gasteiger partial charge < -0.3 is 10.2 Å². The molecule has 2 rings (SSSR count). The first-order chi connectivity index (χ1) is 7.57. The number of sulfone groups is 1. The monoisotopic (exact) mass is 246 g/mol. The summed E-state index contributed by atoms with van der Waals surface area (Å²) in [7, 11) is -0.618. The summed E-state index contributed by atoms with van der Waals surface area (Å²) in [5, 5.41) is 3.43. The molecule has 5 heteroatoms. The minimum absolute atomic E-state index is 0.188. The molecule has 0 spiro atoms. The molecule has 16 heavy (non-hydrogen) atoms. The van der Waals surface area contributed by atoms with Crippen molar-refractivity contribution >= 4 is 9.84 Å². The lowest BCUT2D eigenvalue weighted by atomic mass is 10.1. The summed E-state index contributed by atoms with van der Waals surface area (Å²) in [4.78, 5) is 2.37. The van der Waals surface area contributed by atoms with Gasteiger partial charge in [-0.1, -0.05) is 0 Å². The summed E-state index contributed by atoms with van der Waals surface area (Å²) in [5.41, 5.74) is 0. The summed E-state index contributed by atoms with van der Waals surface area (Å²) in [6.45, 7) is 2.12. The molecular formula is C11H22N2O2S. The molecule has 0 saturated carbocycles. The molecule has 2 aliphatic heterocycles. The Morgan fingerprint density at radius 3 is 2.75 bits per heavy atom. The van der Waals surface area contributed by atoms with Crippen LogP contribution >= 0.6 is 0 Å². The fraction of sp³-hybridized carbons (Fsp3) is 1.00. The third-order valence-electron chi connectivity index (χ3n) is 3.78. The van der Waals surface area contributed by atoms with Crippen LogP contribution in [0.1, 0.15) is 25.7 Å². The molecule has 2 saturated heterocycles. The van der Waals surface area contributed by atoms with Crippen LogP contribution in [0.5, 0.6) is 0 Å². The van der Waals surface area contributed by atoms with Gasteiger partial charge in [0, 0.05) is 18.6 Å². The predicted octanol–water partition coefficient (Wildman–Crippen LogP) is 0.247. The molecule has 4 nitrogen and oxygen atoms in total. The lowest BCUT2D eigenvalue weighted by Crippen LogP contribution is -2.45. The van der Waals surface area contributed by atoms with Crippen LogP contribution in [0.4, 0.5) is 0 Å². The summed E-state index contributed by atoms with van der Waals surface area (Å²) in [6, 6.07) is 0.789. The first kappa shape index (κ1) is 12.3. The highest BCUT2D eigenvalue weighted by molar-refractivity contribution is 7.91. The lowest BCUT2D eigenvalue weighted by Gasteiger charge is -2.26. The SMILES string of the molecule is CN1CCCC1CNC1CCCS(=O)(=O)C1. The highest BCUT2D eigenvalue weighted by Crippen LogP contribution is 2.16. The summed E-state index contributed by atoms with van der Waals surface area (Å²) >= 11 is 0. The standard InChI is InChI=1S/C11H22N2O2S/c1-13-6-2-5-11(13)8-12-10-4-3-7-16(14,15)9-10/h10-12H,2-9H2,1H3. The quantitative estimate of drug-likeness (QED) is 0.775. The fourth-order valence-electron chi connectivity index (χ4n) is 2.72. The van der Waals surface area contributed by atoms with Gasteiger partial charge in [0.2, 0.25) is 0 Å². The zero-order chi connectivity index (χ0) is 11.6. The third kappa shape index (κ3) is 3.18. The molecule has 1 N–H and O–H groups in total. The number of likely N-dealkylation sites (tertiary alicyclic amines) is 1. The first-order valence-electron chi connectivity index (χ1n) is 6.21. The Morgan fingerprint density at radius 2 is 2.12 bits per heavy atom. The van der Waals surface area contributed by atoms with Gasteiger partial charge in [0.15, 0.2) is 9.84 Å². The molecule has 2 atom stereocenters. The fourth-order valence-corrected chi connectivity index (χ4v) is 4.39. The van der Waals surface area contributed by atoms with Crippen molar-refractivity contribution < 1.29 is 8.42 Å². The van der Waals surface area contributed by atoms with E-state index in [1.54, 1.807) is 0 Å². The molecule has 94 valence electrons. The third-order valence-corrected chi connectivity index (χ3v) is 5.60. The Kier molecular flexibility index (Phi) is 3.87.